The molecule has 0 aliphatic carbocycles. The summed E-state index contributed by atoms with van der Waals surface area (Å²) in [4.78, 5) is 0. The van der Waals surface area contributed by atoms with Gasteiger partial charge in [-0.1, -0.05) is 47.5 Å². The molecule has 4 rings (SSSR count). The van der Waals surface area contributed by atoms with E-state index in [1.807, 2.05) is 24.3 Å². The standard InChI is InChI=1S/C31H27.2Y/c1-24-16-20-28(21-17-24)30(26-10-5-3-6-11-26)14-9-15-31(27-12-7-4-8-13-27)29-22-18-25(2)19-23-29;;/h5-14,16-23,31H,15H2,1-2H3;;/q-1;;. The van der Waals surface area contributed by atoms with Gasteiger partial charge in [0.05, 0.1) is 11.1 Å². The Labute approximate surface area is 249 Å². The average Bonchev–Trinajstić information content (AvgIpc) is 2.82. The summed E-state index contributed by atoms with van der Waals surface area (Å²) in [5, 5.41) is 0. The van der Waals surface area contributed by atoms with Gasteiger partial charge in [-0.3, -0.25) is 0 Å². The number of benzene rings is 4. The molecule has 0 nitrogen and oxygen atoms in total. The summed E-state index contributed by atoms with van der Waals surface area (Å²) in [5.41, 5.74) is 8.89. The van der Waals surface area contributed by atoms with E-state index in [9.17, 15) is 0 Å². The number of hydrogen-bond acceptors (Lipinski definition) is 0. The second-order valence-corrected chi connectivity index (χ2v) is 8.00. The minimum Gasteiger partial charge on any atom is -0.184 e. The van der Waals surface area contributed by atoms with Crippen molar-refractivity contribution in [2.75, 3.05) is 0 Å². The predicted molar refractivity (Wildman–Crippen MR) is 131 cm³/mol. The minimum absolute atomic E-state index is 0. The van der Waals surface area contributed by atoms with Gasteiger partial charge in [0.15, 0.2) is 0 Å². The van der Waals surface area contributed by atoms with Crippen molar-refractivity contribution in [2.45, 2.75) is 26.2 Å². The zero-order chi connectivity index (χ0) is 21.5. The molecule has 0 saturated heterocycles. The quantitative estimate of drug-likeness (QED) is 0.197. The third kappa shape index (κ3) is 7.86. The summed E-state index contributed by atoms with van der Waals surface area (Å²) in [7, 11) is 0. The number of allylic oxidation sites excluding steroid dienone is 1. The number of rotatable bonds is 7. The molecule has 0 aliphatic heterocycles. The maximum absolute atomic E-state index is 3.14. The van der Waals surface area contributed by atoms with Gasteiger partial charge in [0.1, 0.15) is 6.08 Å². The van der Waals surface area contributed by atoms with Crippen LogP contribution in [0.3, 0.4) is 0 Å². The molecule has 0 aromatic heterocycles. The zero-order valence-corrected chi connectivity index (χ0v) is 25.0. The van der Waals surface area contributed by atoms with Crippen LogP contribution in [0.2, 0.25) is 0 Å². The van der Waals surface area contributed by atoms with Crippen LogP contribution < -0.4 is 0 Å². The van der Waals surface area contributed by atoms with E-state index in [4.69, 9.17) is 0 Å². The van der Waals surface area contributed by atoms with Crippen LogP contribution >= 0.6 is 0 Å². The second kappa shape index (κ2) is 14.2. The number of aryl methyl sites for hydroxylation is 2. The molecular formula is C31H27Y2-. The Morgan fingerprint density at radius 3 is 1.70 bits per heavy atom. The van der Waals surface area contributed by atoms with Gasteiger partial charge in [-0.05, 0) is 37.1 Å². The first kappa shape index (κ1) is 27.9. The zero-order valence-electron chi connectivity index (χ0n) is 19.3. The van der Waals surface area contributed by atoms with E-state index in [1.54, 1.807) is 0 Å². The van der Waals surface area contributed by atoms with Gasteiger partial charge in [-0.2, -0.15) is 48.5 Å². The van der Waals surface area contributed by atoms with Crippen LogP contribution in [-0.2, 0) is 65.4 Å². The molecule has 2 radical (unpaired) electrons. The largest absolute Gasteiger partial charge is 0.184 e. The molecule has 0 bridgehead atoms. The minimum atomic E-state index is 0. The van der Waals surface area contributed by atoms with E-state index in [-0.39, 0.29) is 65.4 Å². The summed E-state index contributed by atoms with van der Waals surface area (Å²) in [6.07, 6.45) is 5.52. The first-order chi connectivity index (χ1) is 15.2. The third-order valence-corrected chi connectivity index (χ3v) is 5.67. The molecule has 0 saturated carbocycles. The van der Waals surface area contributed by atoms with Crippen molar-refractivity contribution in [1.29, 1.82) is 0 Å². The van der Waals surface area contributed by atoms with Crippen molar-refractivity contribution >= 4 is 5.57 Å². The molecule has 0 aliphatic rings. The van der Waals surface area contributed by atoms with Gasteiger partial charge in [0.2, 0.25) is 0 Å². The molecule has 33 heavy (non-hydrogen) atoms. The van der Waals surface area contributed by atoms with Crippen molar-refractivity contribution in [1.82, 2.24) is 0 Å². The van der Waals surface area contributed by atoms with Gasteiger partial charge in [0, 0.05) is 84.2 Å². The molecule has 0 spiro atoms. The topological polar surface area (TPSA) is 0 Å². The predicted octanol–water partition coefficient (Wildman–Crippen LogP) is 7.76. The third-order valence-electron chi connectivity index (χ3n) is 5.67. The Morgan fingerprint density at radius 1 is 0.667 bits per heavy atom. The fraction of sp³-hybridized carbons (Fsp3) is 0.129. The molecule has 1 atom stereocenters. The second-order valence-electron chi connectivity index (χ2n) is 8.00. The average molecular weight is 577 g/mol. The first-order valence-electron chi connectivity index (χ1n) is 10.8. The summed E-state index contributed by atoms with van der Waals surface area (Å²) in [5.74, 6) is 0.315. The Balaban J connectivity index is 0.00000193. The summed E-state index contributed by atoms with van der Waals surface area (Å²) in [6.45, 7) is 4.26. The smallest absolute Gasteiger partial charge is 0.101 e. The molecule has 158 valence electrons. The van der Waals surface area contributed by atoms with Crippen LogP contribution in [0.4, 0.5) is 0 Å². The van der Waals surface area contributed by atoms with E-state index in [0.717, 1.165) is 6.42 Å². The molecule has 1 unspecified atom stereocenters. The number of hydrogen-bond donors (Lipinski definition) is 0. The first-order valence-corrected chi connectivity index (χ1v) is 10.8. The Bertz CT molecular complexity index is 1110. The molecule has 0 N–H and O–H groups in total. The van der Waals surface area contributed by atoms with E-state index in [1.165, 1.54) is 39.0 Å². The molecule has 2 heteroatoms. The Hall–Kier alpha value is -1.30. The van der Waals surface area contributed by atoms with E-state index >= 15 is 0 Å². The molecular weight excluding hydrogens is 550 g/mol. The van der Waals surface area contributed by atoms with Crippen molar-refractivity contribution in [2.24, 2.45) is 0 Å². The molecule has 0 heterocycles. The SMILES string of the molecule is Cc1ccc(C(=C[CH+]CC(c2cc[c-]cc2)c2ccc(C)cc2)c2cc[c-]cc2)cc1.[Y].[Y]. The van der Waals surface area contributed by atoms with Gasteiger partial charge in [-0.15, -0.1) is 17.7 Å². The van der Waals surface area contributed by atoms with Crippen molar-refractivity contribution < 1.29 is 65.4 Å². The van der Waals surface area contributed by atoms with Gasteiger partial charge >= 0.3 is 0 Å². The maximum atomic E-state index is 3.14. The summed E-state index contributed by atoms with van der Waals surface area (Å²) < 4.78 is 0. The van der Waals surface area contributed by atoms with Gasteiger partial charge < -0.3 is 0 Å². The fourth-order valence-electron chi connectivity index (χ4n) is 3.88. The molecule has 0 amide bonds. The van der Waals surface area contributed by atoms with E-state index in [2.05, 4.69) is 111 Å². The van der Waals surface area contributed by atoms with Gasteiger partial charge in [-0.25, -0.2) is 0 Å². The van der Waals surface area contributed by atoms with E-state index < -0.39 is 0 Å². The molecule has 0 fully saturated rings. The monoisotopic (exact) mass is 577 g/mol. The Kier molecular flexibility index (Phi) is 12.0. The normalized spacial score (nSPS) is 11.6. The van der Waals surface area contributed by atoms with Crippen molar-refractivity contribution in [3.63, 3.8) is 0 Å². The fourth-order valence-corrected chi connectivity index (χ4v) is 3.88. The van der Waals surface area contributed by atoms with Crippen molar-refractivity contribution in [3.8, 4) is 0 Å². The van der Waals surface area contributed by atoms with Crippen molar-refractivity contribution in [3.05, 3.63) is 155 Å². The summed E-state index contributed by atoms with van der Waals surface area (Å²) in [6, 6.07) is 40.5. The van der Waals surface area contributed by atoms with Crippen LogP contribution in [0.5, 0.6) is 0 Å². The molecule has 4 aromatic carbocycles. The van der Waals surface area contributed by atoms with Crippen LogP contribution in [-0.4, -0.2) is 0 Å². The van der Waals surface area contributed by atoms with Crippen LogP contribution in [0.25, 0.3) is 5.57 Å². The maximum Gasteiger partial charge on any atom is 0.101 e. The Morgan fingerprint density at radius 2 is 1.12 bits per heavy atom. The van der Waals surface area contributed by atoms with Crippen LogP contribution in [0.15, 0.2) is 103 Å². The van der Waals surface area contributed by atoms with Crippen LogP contribution in [0, 0.1) is 32.4 Å². The van der Waals surface area contributed by atoms with E-state index in [0.29, 0.717) is 5.92 Å². The summed E-state index contributed by atoms with van der Waals surface area (Å²) >= 11 is 0. The molecule has 4 aromatic rings. The van der Waals surface area contributed by atoms with Crippen LogP contribution in [0.1, 0.15) is 45.7 Å². The van der Waals surface area contributed by atoms with Gasteiger partial charge in [0.25, 0.3) is 0 Å².